The molecule has 0 bridgehead atoms. The van der Waals surface area contributed by atoms with Crippen molar-refractivity contribution in [1.82, 2.24) is 14.9 Å². The highest BCUT2D eigenvalue weighted by atomic mass is 32.2. The Hall–Kier alpha value is -1.82. The van der Waals surface area contributed by atoms with E-state index >= 15 is 0 Å². The van der Waals surface area contributed by atoms with Crippen LogP contribution in [-0.2, 0) is 4.79 Å². The predicted octanol–water partition coefficient (Wildman–Crippen LogP) is 3.94. The van der Waals surface area contributed by atoms with Crippen LogP contribution in [0.1, 0.15) is 38.5 Å². The summed E-state index contributed by atoms with van der Waals surface area (Å²) in [6.45, 7) is 0.918. The van der Waals surface area contributed by atoms with Gasteiger partial charge in [0.15, 0.2) is 5.16 Å². The summed E-state index contributed by atoms with van der Waals surface area (Å²) in [4.78, 5) is 24.2. The fourth-order valence-electron chi connectivity index (χ4n) is 4.45. The molecule has 1 saturated carbocycles. The number of fused-ring (bicyclic) bond motifs is 2. The van der Waals surface area contributed by atoms with Crippen molar-refractivity contribution in [2.45, 2.75) is 49.7 Å². The number of hydrogen-bond acceptors (Lipinski definition) is 5. The van der Waals surface area contributed by atoms with Crippen LogP contribution in [0.5, 0.6) is 0 Å². The van der Waals surface area contributed by atoms with Crippen LogP contribution in [0, 0.1) is 5.92 Å². The van der Waals surface area contributed by atoms with Gasteiger partial charge in [-0.05, 0) is 43.7 Å². The second kappa shape index (κ2) is 7.82. The zero-order chi connectivity index (χ0) is 17.9. The van der Waals surface area contributed by atoms with E-state index in [9.17, 15) is 4.79 Å². The number of nitrogens with zero attached hydrogens (tertiary/aromatic N) is 3. The quantitative estimate of drug-likeness (QED) is 0.652. The minimum atomic E-state index is 0.245. The topological polar surface area (TPSA) is 58.1 Å². The second-order valence-electron chi connectivity index (χ2n) is 7.25. The third kappa shape index (κ3) is 3.52. The smallest absolute Gasteiger partial charge is 0.233 e. The lowest BCUT2D eigenvalue weighted by Crippen LogP contribution is -2.50. The monoisotopic (exact) mass is 370 g/mol. The molecule has 6 heteroatoms. The minimum absolute atomic E-state index is 0.245. The number of carbonyl (C=O) groups is 1. The first-order valence-corrected chi connectivity index (χ1v) is 10.6. The van der Waals surface area contributed by atoms with Crippen molar-refractivity contribution in [3.63, 3.8) is 0 Å². The number of anilines is 1. The Morgan fingerprint density at radius 1 is 1.19 bits per heavy atom. The van der Waals surface area contributed by atoms with Gasteiger partial charge in [-0.15, -0.1) is 0 Å². The van der Waals surface area contributed by atoms with Crippen LogP contribution in [0.2, 0.25) is 0 Å². The van der Waals surface area contributed by atoms with Gasteiger partial charge in [-0.3, -0.25) is 4.79 Å². The predicted molar refractivity (Wildman–Crippen MR) is 107 cm³/mol. The number of piperidine rings is 1. The van der Waals surface area contributed by atoms with E-state index in [4.69, 9.17) is 0 Å². The molecule has 1 N–H and O–H groups in total. The van der Waals surface area contributed by atoms with Crippen LogP contribution in [0.15, 0.2) is 29.4 Å². The van der Waals surface area contributed by atoms with Crippen LogP contribution < -0.4 is 5.32 Å². The Bertz CT molecular complexity index is 794. The first-order valence-electron chi connectivity index (χ1n) is 9.63. The van der Waals surface area contributed by atoms with Gasteiger partial charge in [-0.1, -0.05) is 36.7 Å². The fraction of sp³-hybridized carbons (Fsp3) is 0.550. The molecule has 4 rings (SSSR count). The van der Waals surface area contributed by atoms with E-state index in [0.29, 0.717) is 17.0 Å². The van der Waals surface area contributed by atoms with Crippen molar-refractivity contribution in [2.24, 2.45) is 5.92 Å². The van der Waals surface area contributed by atoms with Gasteiger partial charge in [-0.25, -0.2) is 9.97 Å². The van der Waals surface area contributed by atoms with Crippen LogP contribution in [0.3, 0.4) is 0 Å². The molecule has 1 aliphatic heterocycles. The molecule has 1 amide bonds. The summed E-state index contributed by atoms with van der Waals surface area (Å²) in [5.74, 6) is 2.20. The van der Waals surface area contributed by atoms with Crippen LogP contribution >= 0.6 is 11.8 Å². The van der Waals surface area contributed by atoms with Gasteiger partial charge in [-0.2, -0.15) is 0 Å². The molecule has 0 radical (unpaired) electrons. The molecule has 138 valence electrons. The van der Waals surface area contributed by atoms with Crippen molar-refractivity contribution in [3.05, 3.63) is 24.3 Å². The van der Waals surface area contributed by atoms with Crippen LogP contribution in [0.25, 0.3) is 10.9 Å². The Balaban J connectivity index is 1.46. The van der Waals surface area contributed by atoms with Crippen LogP contribution in [0.4, 0.5) is 5.82 Å². The number of benzene rings is 1. The van der Waals surface area contributed by atoms with E-state index in [0.717, 1.165) is 35.6 Å². The third-order valence-corrected chi connectivity index (χ3v) is 6.54. The average Bonchev–Trinajstić information content (AvgIpc) is 2.70. The highest BCUT2D eigenvalue weighted by molar-refractivity contribution is 7.99. The van der Waals surface area contributed by atoms with E-state index in [2.05, 4.69) is 20.2 Å². The number of amides is 1. The number of thioether (sulfide) groups is 1. The van der Waals surface area contributed by atoms with Gasteiger partial charge >= 0.3 is 0 Å². The second-order valence-corrected chi connectivity index (χ2v) is 8.19. The van der Waals surface area contributed by atoms with Crippen molar-refractivity contribution >= 4 is 34.4 Å². The Morgan fingerprint density at radius 3 is 2.88 bits per heavy atom. The molecule has 2 aliphatic rings. The molecule has 2 fully saturated rings. The number of nitrogens with one attached hydrogen (secondary N) is 1. The van der Waals surface area contributed by atoms with E-state index < -0.39 is 0 Å². The average molecular weight is 371 g/mol. The van der Waals surface area contributed by atoms with Crippen molar-refractivity contribution in [1.29, 1.82) is 0 Å². The zero-order valence-corrected chi connectivity index (χ0v) is 16.1. The standard InChI is InChI=1S/C20H26N4OS/c1-21-19-15-9-3-4-10-16(15)22-20(23-19)26-13-18(25)24-12-6-8-14-7-2-5-11-17(14)24/h3-4,9-10,14,17H,2,5-8,11-13H2,1H3,(H,21,22,23). The molecular weight excluding hydrogens is 344 g/mol. The molecule has 1 aromatic carbocycles. The summed E-state index contributed by atoms with van der Waals surface area (Å²) in [6.07, 6.45) is 7.50. The van der Waals surface area contributed by atoms with E-state index in [1.165, 1.54) is 43.9 Å². The molecule has 1 aromatic heterocycles. The van der Waals surface area contributed by atoms with Crippen molar-refractivity contribution < 1.29 is 4.79 Å². The molecule has 1 saturated heterocycles. The summed E-state index contributed by atoms with van der Waals surface area (Å²) >= 11 is 1.45. The normalized spacial score (nSPS) is 22.9. The fourth-order valence-corrected chi connectivity index (χ4v) is 5.19. The van der Waals surface area contributed by atoms with Crippen molar-refractivity contribution in [3.8, 4) is 0 Å². The Morgan fingerprint density at radius 2 is 2.00 bits per heavy atom. The molecule has 2 unspecified atom stereocenters. The molecular formula is C20H26N4OS. The number of carbonyl (C=O) groups excluding carboxylic acids is 1. The maximum absolute atomic E-state index is 12.9. The Kier molecular flexibility index (Phi) is 5.29. The molecule has 26 heavy (non-hydrogen) atoms. The van der Waals surface area contributed by atoms with Gasteiger partial charge < -0.3 is 10.2 Å². The lowest BCUT2D eigenvalue weighted by atomic mass is 9.78. The zero-order valence-electron chi connectivity index (χ0n) is 15.3. The Labute approximate surface area is 159 Å². The minimum Gasteiger partial charge on any atom is -0.372 e. The summed E-state index contributed by atoms with van der Waals surface area (Å²) < 4.78 is 0. The van der Waals surface area contributed by atoms with Gasteiger partial charge in [0.05, 0.1) is 11.3 Å². The SMILES string of the molecule is CNc1nc(SCC(=O)N2CCCC3CCCCC32)nc2ccccc12. The summed E-state index contributed by atoms with van der Waals surface area (Å²) in [5, 5.41) is 4.81. The molecule has 1 aliphatic carbocycles. The largest absolute Gasteiger partial charge is 0.372 e. The highest BCUT2D eigenvalue weighted by Crippen LogP contribution is 2.35. The first kappa shape index (κ1) is 17.6. The number of hydrogen-bond donors (Lipinski definition) is 1. The van der Waals surface area contributed by atoms with Gasteiger partial charge in [0.1, 0.15) is 5.82 Å². The highest BCUT2D eigenvalue weighted by Gasteiger charge is 2.35. The number of rotatable bonds is 4. The summed E-state index contributed by atoms with van der Waals surface area (Å²) in [6, 6.07) is 8.43. The summed E-state index contributed by atoms with van der Waals surface area (Å²) in [5.41, 5.74) is 0.909. The number of para-hydroxylation sites is 1. The molecule has 2 heterocycles. The molecule has 2 atom stereocenters. The first-order chi connectivity index (χ1) is 12.8. The molecule has 2 aromatic rings. The third-order valence-electron chi connectivity index (χ3n) is 5.71. The summed E-state index contributed by atoms with van der Waals surface area (Å²) in [7, 11) is 1.87. The van der Waals surface area contributed by atoms with Crippen LogP contribution in [-0.4, -0.2) is 46.2 Å². The van der Waals surface area contributed by atoms with Gasteiger partial charge in [0.25, 0.3) is 0 Å². The number of likely N-dealkylation sites (tertiary alicyclic amines) is 1. The van der Waals surface area contributed by atoms with E-state index in [1.807, 2.05) is 31.3 Å². The maximum atomic E-state index is 12.9. The van der Waals surface area contributed by atoms with Gasteiger partial charge in [0, 0.05) is 25.0 Å². The number of aromatic nitrogens is 2. The van der Waals surface area contributed by atoms with E-state index in [-0.39, 0.29) is 5.91 Å². The van der Waals surface area contributed by atoms with Gasteiger partial charge in [0.2, 0.25) is 5.91 Å². The lowest BCUT2D eigenvalue weighted by Gasteiger charge is -2.44. The lowest BCUT2D eigenvalue weighted by molar-refractivity contribution is -0.134. The van der Waals surface area contributed by atoms with Crippen molar-refractivity contribution in [2.75, 3.05) is 24.7 Å². The maximum Gasteiger partial charge on any atom is 0.233 e. The molecule has 5 nitrogen and oxygen atoms in total. The van der Waals surface area contributed by atoms with E-state index in [1.54, 1.807) is 0 Å². The molecule has 0 spiro atoms.